The maximum Gasteiger partial charge on any atom is 0.311 e. The van der Waals surface area contributed by atoms with Gasteiger partial charge in [-0.2, -0.15) is 5.26 Å². The van der Waals surface area contributed by atoms with Gasteiger partial charge in [0.15, 0.2) is 0 Å². The van der Waals surface area contributed by atoms with Crippen molar-refractivity contribution in [1.29, 1.82) is 5.26 Å². The van der Waals surface area contributed by atoms with Crippen LogP contribution in [0, 0.1) is 29.6 Å². The first-order valence-electron chi connectivity index (χ1n) is 6.63. The van der Waals surface area contributed by atoms with Crippen LogP contribution in [0.15, 0.2) is 6.07 Å². The number of hydrogen-bond donors (Lipinski definition) is 1. The molecule has 0 bridgehead atoms. The molecule has 6 nitrogen and oxygen atoms in total. The highest BCUT2D eigenvalue weighted by Crippen LogP contribution is 2.39. The average molecular weight is 274 g/mol. The number of aryl methyl sites for hydroxylation is 1. The van der Waals surface area contributed by atoms with E-state index < -0.39 is 11.4 Å². The molecule has 0 radical (unpaired) electrons. The zero-order chi connectivity index (χ0) is 14.9. The van der Waals surface area contributed by atoms with Crippen LogP contribution in [-0.4, -0.2) is 34.1 Å². The van der Waals surface area contributed by atoms with E-state index in [9.17, 15) is 9.90 Å². The second kappa shape index (κ2) is 5.08. The average Bonchev–Trinajstić information content (AvgIpc) is 2.84. The third kappa shape index (κ3) is 2.31. The van der Waals surface area contributed by atoms with Gasteiger partial charge in [-0.1, -0.05) is 13.8 Å². The minimum atomic E-state index is -0.775. The molecule has 0 saturated carbocycles. The third-order valence-corrected chi connectivity index (χ3v) is 4.07. The molecule has 1 aliphatic heterocycles. The summed E-state index contributed by atoms with van der Waals surface area (Å²) in [7, 11) is 0. The maximum atomic E-state index is 11.6. The molecule has 6 heteroatoms. The summed E-state index contributed by atoms with van der Waals surface area (Å²) in [5.74, 6) is -0.293. The highest BCUT2D eigenvalue weighted by molar-refractivity contribution is 5.77. The van der Waals surface area contributed by atoms with Crippen molar-refractivity contribution in [3.8, 4) is 6.07 Å². The summed E-state index contributed by atoms with van der Waals surface area (Å²) in [4.78, 5) is 22.0. The van der Waals surface area contributed by atoms with Crippen LogP contribution in [0.25, 0.3) is 0 Å². The van der Waals surface area contributed by atoms with Gasteiger partial charge in [0.1, 0.15) is 11.8 Å². The monoisotopic (exact) mass is 274 g/mol. The van der Waals surface area contributed by atoms with Crippen LogP contribution < -0.4 is 4.90 Å². The van der Waals surface area contributed by atoms with Crippen LogP contribution in [0.5, 0.6) is 0 Å². The number of carboxylic acid groups (broad SMARTS) is 1. The summed E-state index contributed by atoms with van der Waals surface area (Å²) in [6.07, 6.45) is 0.569. The van der Waals surface area contributed by atoms with Crippen molar-refractivity contribution in [2.24, 2.45) is 11.3 Å². The quantitative estimate of drug-likeness (QED) is 0.900. The van der Waals surface area contributed by atoms with E-state index in [2.05, 4.69) is 9.97 Å². The van der Waals surface area contributed by atoms with Crippen molar-refractivity contribution in [2.45, 2.75) is 27.2 Å². The number of carboxylic acids is 1. The lowest BCUT2D eigenvalue weighted by Crippen LogP contribution is -2.39. The molecule has 20 heavy (non-hydrogen) atoms. The minimum Gasteiger partial charge on any atom is -0.481 e. The lowest BCUT2D eigenvalue weighted by molar-refractivity contribution is -0.150. The van der Waals surface area contributed by atoms with E-state index >= 15 is 0 Å². The number of rotatable bonds is 3. The number of nitrogens with zero attached hydrogens (tertiary/aromatic N) is 4. The van der Waals surface area contributed by atoms with E-state index in [1.54, 1.807) is 13.0 Å². The highest BCUT2D eigenvalue weighted by atomic mass is 16.4. The molecule has 1 aromatic rings. The lowest BCUT2D eigenvalue weighted by atomic mass is 9.76. The van der Waals surface area contributed by atoms with Crippen LogP contribution in [0.4, 0.5) is 5.95 Å². The lowest BCUT2D eigenvalue weighted by Gasteiger charge is -2.28. The van der Waals surface area contributed by atoms with Crippen molar-refractivity contribution in [3.63, 3.8) is 0 Å². The Bertz CT molecular complexity index is 579. The van der Waals surface area contributed by atoms with E-state index in [0.29, 0.717) is 36.8 Å². The zero-order valence-corrected chi connectivity index (χ0v) is 11.9. The second-order valence-electron chi connectivity index (χ2n) is 5.59. The third-order valence-electron chi connectivity index (χ3n) is 4.07. The van der Waals surface area contributed by atoms with Crippen LogP contribution in [0.3, 0.4) is 0 Å². The van der Waals surface area contributed by atoms with E-state index in [1.807, 2.05) is 24.8 Å². The fourth-order valence-corrected chi connectivity index (χ4v) is 2.65. The van der Waals surface area contributed by atoms with Gasteiger partial charge in [0.2, 0.25) is 5.95 Å². The van der Waals surface area contributed by atoms with Gasteiger partial charge in [-0.15, -0.1) is 0 Å². The van der Waals surface area contributed by atoms with Crippen molar-refractivity contribution in [3.05, 3.63) is 17.5 Å². The largest absolute Gasteiger partial charge is 0.481 e. The molecule has 106 valence electrons. The second-order valence-corrected chi connectivity index (χ2v) is 5.59. The van der Waals surface area contributed by atoms with Gasteiger partial charge in [-0.3, -0.25) is 4.79 Å². The molecule has 0 amide bonds. The summed E-state index contributed by atoms with van der Waals surface area (Å²) < 4.78 is 0. The van der Waals surface area contributed by atoms with Gasteiger partial charge in [-0.25, -0.2) is 9.97 Å². The smallest absolute Gasteiger partial charge is 0.311 e. The van der Waals surface area contributed by atoms with Gasteiger partial charge in [-0.05, 0) is 25.3 Å². The fourth-order valence-electron chi connectivity index (χ4n) is 2.65. The number of aromatic nitrogens is 2. The molecule has 0 aliphatic carbocycles. The highest BCUT2D eigenvalue weighted by Gasteiger charge is 2.47. The Morgan fingerprint density at radius 1 is 1.55 bits per heavy atom. The number of nitriles is 1. The Hall–Kier alpha value is -2.16. The van der Waals surface area contributed by atoms with Gasteiger partial charge in [0.25, 0.3) is 0 Å². The zero-order valence-electron chi connectivity index (χ0n) is 11.9. The predicted molar refractivity (Wildman–Crippen MR) is 73.2 cm³/mol. The first kappa shape index (κ1) is 14.3. The molecule has 1 aliphatic rings. The Morgan fingerprint density at radius 2 is 2.25 bits per heavy atom. The predicted octanol–water partition coefficient (Wildman–Crippen LogP) is 1.59. The Kier molecular flexibility index (Phi) is 3.62. The van der Waals surface area contributed by atoms with Crippen LogP contribution in [0.1, 0.15) is 31.7 Å². The molecule has 0 spiro atoms. The van der Waals surface area contributed by atoms with Crippen molar-refractivity contribution in [1.82, 2.24) is 9.97 Å². The molecule has 1 aromatic heterocycles. The van der Waals surface area contributed by atoms with Crippen LogP contribution >= 0.6 is 0 Å². The number of anilines is 1. The van der Waals surface area contributed by atoms with Crippen LogP contribution in [-0.2, 0) is 4.79 Å². The van der Waals surface area contributed by atoms with Crippen LogP contribution in [0.2, 0.25) is 0 Å². The molecule has 2 heterocycles. The molecular formula is C14H18N4O2. The van der Waals surface area contributed by atoms with Gasteiger partial charge < -0.3 is 10.0 Å². The number of hydrogen-bond acceptors (Lipinski definition) is 5. The molecule has 1 atom stereocenters. The molecule has 1 unspecified atom stereocenters. The van der Waals surface area contributed by atoms with E-state index in [-0.39, 0.29) is 5.92 Å². The first-order valence-corrected chi connectivity index (χ1v) is 6.63. The molecule has 1 fully saturated rings. The molecule has 2 rings (SSSR count). The molecule has 0 aromatic carbocycles. The summed E-state index contributed by atoms with van der Waals surface area (Å²) in [6, 6.07) is 3.62. The van der Waals surface area contributed by atoms with E-state index in [0.717, 1.165) is 0 Å². The van der Waals surface area contributed by atoms with Gasteiger partial charge in [0, 0.05) is 18.8 Å². The van der Waals surface area contributed by atoms with E-state index in [1.165, 1.54) is 0 Å². The summed E-state index contributed by atoms with van der Waals surface area (Å²) in [5, 5.41) is 18.5. The Morgan fingerprint density at radius 3 is 2.75 bits per heavy atom. The van der Waals surface area contributed by atoms with Gasteiger partial charge in [0.05, 0.1) is 5.41 Å². The molecule has 1 N–H and O–H groups in total. The summed E-state index contributed by atoms with van der Waals surface area (Å²) in [6.45, 7) is 6.63. The van der Waals surface area contributed by atoms with E-state index in [4.69, 9.17) is 5.26 Å². The maximum absolute atomic E-state index is 11.6. The minimum absolute atomic E-state index is 0.0326. The van der Waals surface area contributed by atoms with Crippen molar-refractivity contribution >= 4 is 11.9 Å². The standard InChI is InChI=1S/C14H18N4O2/c1-9(2)14(12(19)20)4-5-18(8-14)13-16-10(3)6-11(7-15)17-13/h6,9H,4-5,8H2,1-3H3,(H,19,20). The molecular weight excluding hydrogens is 256 g/mol. The summed E-state index contributed by atoms with van der Waals surface area (Å²) in [5.41, 5.74) is 0.258. The fraction of sp³-hybridized carbons (Fsp3) is 0.571. The first-order chi connectivity index (χ1) is 9.39. The van der Waals surface area contributed by atoms with Crippen molar-refractivity contribution in [2.75, 3.05) is 18.0 Å². The molecule has 1 saturated heterocycles. The SMILES string of the molecule is Cc1cc(C#N)nc(N2CCC(C(=O)O)(C(C)C)C2)n1. The van der Waals surface area contributed by atoms with Gasteiger partial charge >= 0.3 is 5.97 Å². The Labute approximate surface area is 118 Å². The van der Waals surface area contributed by atoms with Crippen molar-refractivity contribution < 1.29 is 9.90 Å². The number of carbonyl (C=O) groups is 1. The topological polar surface area (TPSA) is 90.1 Å². The number of aliphatic carboxylic acids is 1. The summed E-state index contributed by atoms with van der Waals surface area (Å²) >= 11 is 0. The normalized spacial score (nSPS) is 22.1. The Balaban J connectivity index is 2.32.